The second kappa shape index (κ2) is 19.5. The van der Waals surface area contributed by atoms with E-state index in [1.165, 1.54) is 33.8 Å². The molecule has 0 saturated heterocycles. The zero-order valence-electron chi connectivity index (χ0n) is 38.0. The Morgan fingerprint density at radius 1 is 0.957 bits per heavy atom. The van der Waals surface area contributed by atoms with Crippen molar-refractivity contribution in [1.82, 2.24) is 35.3 Å². The van der Waals surface area contributed by atoms with E-state index in [1.54, 1.807) is 44.2 Å². The summed E-state index contributed by atoms with van der Waals surface area (Å²) in [4.78, 5) is 125. The largest absolute Gasteiger partial charge is 0.458 e. The van der Waals surface area contributed by atoms with E-state index < -0.39 is 84.2 Å². The van der Waals surface area contributed by atoms with Gasteiger partial charge in [0.1, 0.15) is 18.5 Å². The predicted octanol–water partition coefficient (Wildman–Crippen LogP) is 1.27. The Balaban J connectivity index is 1.03. The average Bonchev–Trinajstić information content (AvgIpc) is 3.87. The van der Waals surface area contributed by atoms with Crippen LogP contribution in [0.4, 0.5) is 4.39 Å². The van der Waals surface area contributed by atoms with Crippen LogP contribution in [-0.4, -0.2) is 104 Å². The number of hydrogen-bond acceptors (Lipinski definition) is 12. The Morgan fingerprint density at radius 3 is 2.38 bits per heavy atom. The van der Waals surface area contributed by atoms with Gasteiger partial charge in [-0.05, 0) is 67.3 Å². The van der Waals surface area contributed by atoms with Crippen molar-refractivity contribution in [2.75, 3.05) is 26.2 Å². The second-order valence-corrected chi connectivity index (χ2v) is 17.6. The molecule has 8 rings (SSSR count). The Bertz CT molecular complexity index is 2920. The molecule has 3 aliphatic heterocycles. The first-order valence-electron chi connectivity index (χ1n) is 22.8. The fourth-order valence-corrected chi connectivity index (χ4v) is 9.74. The number of hydrogen-bond donors (Lipinski definition) is 5. The molecule has 4 aromatic rings. The van der Waals surface area contributed by atoms with Gasteiger partial charge in [0.15, 0.2) is 5.60 Å². The molecule has 2 aromatic carbocycles. The van der Waals surface area contributed by atoms with Crippen molar-refractivity contribution in [2.45, 2.75) is 96.1 Å². The molecule has 2 aromatic heterocycles. The van der Waals surface area contributed by atoms with E-state index in [2.05, 4.69) is 16.0 Å². The molecule has 6 N–H and O–H groups in total. The number of nitrogens with two attached hydrogens (primary N) is 1. The third-order valence-corrected chi connectivity index (χ3v) is 13.3. The Labute approximate surface area is 394 Å². The van der Waals surface area contributed by atoms with E-state index in [0.717, 1.165) is 4.90 Å². The number of ether oxygens (including phenoxy) is 1. The maximum Gasteiger partial charge on any atom is 0.343 e. The first kappa shape index (κ1) is 47.9. The summed E-state index contributed by atoms with van der Waals surface area (Å²) in [6.07, 6.45) is 4.30. The number of benzene rings is 2. The normalized spacial score (nSPS) is 18.0. The van der Waals surface area contributed by atoms with Crippen molar-refractivity contribution in [2.24, 2.45) is 5.73 Å². The van der Waals surface area contributed by atoms with Crippen molar-refractivity contribution in [3.8, 4) is 11.4 Å². The number of amides is 7. The number of fused-ring (bicyclic) bond motifs is 5. The summed E-state index contributed by atoms with van der Waals surface area (Å²) < 4.78 is 22.4. The lowest BCUT2D eigenvalue weighted by Crippen LogP contribution is -2.54. The number of rotatable bonds is 18. The summed E-state index contributed by atoms with van der Waals surface area (Å²) in [6, 6.07) is 9.34. The molecule has 69 heavy (non-hydrogen) atoms. The van der Waals surface area contributed by atoms with E-state index in [-0.39, 0.29) is 91.6 Å². The van der Waals surface area contributed by atoms with Crippen LogP contribution in [0.3, 0.4) is 0 Å². The zero-order valence-corrected chi connectivity index (χ0v) is 38.0. The number of carbonyl (C=O) groups is 8. The van der Waals surface area contributed by atoms with Gasteiger partial charge in [-0.1, -0.05) is 43.7 Å². The third-order valence-electron chi connectivity index (χ3n) is 13.3. The zero-order chi connectivity index (χ0) is 49.3. The smallest absolute Gasteiger partial charge is 0.343 e. The number of carbonyl (C=O) groups excluding carboxylic acids is 8. The van der Waals surface area contributed by atoms with Crippen LogP contribution in [0.15, 0.2) is 59.4 Å². The summed E-state index contributed by atoms with van der Waals surface area (Å²) in [5.74, 6) is -5.60. The number of esters is 1. The molecule has 19 nitrogen and oxygen atoms in total. The maximum atomic E-state index is 15.7. The van der Waals surface area contributed by atoms with Gasteiger partial charge in [0.2, 0.25) is 29.5 Å². The van der Waals surface area contributed by atoms with Gasteiger partial charge in [-0.3, -0.25) is 43.3 Å². The van der Waals surface area contributed by atoms with E-state index >= 15 is 9.18 Å². The number of imide groups is 1. The number of aliphatic hydroxyl groups is 1. The molecule has 0 saturated carbocycles. The summed E-state index contributed by atoms with van der Waals surface area (Å²) in [5.41, 5.74) is 6.75. The number of aryl methyl sites for hydroxylation is 1. The van der Waals surface area contributed by atoms with Gasteiger partial charge in [0, 0.05) is 54.1 Å². The molecule has 3 atom stereocenters. The van der Waals surface area contributed by atoms with E-state index in [1.807, 2.05) is 0 Å². The molecule has 0 unspecified atom stereocenters. The molecule has 4 aliphatic rings. The molecular weight excluding hydrogens is 896 g/mol. The Hall–Kier alpha value is -7.61. The number of unbranched alkanes of at least 4 members (excludes halogenated alkanes) is 2. The third kappa shape index (κ3) is 9.35. The van der Waals surface area contributed by atoms with Gasteiger partial charge < -0.3 is 41.0 Å². The first-order chi connectivity index (χ1) is 33.0. The number of nitrogens with zero attached hydrogens (tertiary/aromatic N) is 4. The number of pyridine rings is 2. The van der Waals surface area contributed by atoms with Crippen LogP contribution in [0.25, 0.3) is 22.3 Å². The fourth-order valence-electron chi connectivity index (χ4n) is 9.74. The van der Waals surface area contributed by atoms with Crippen molar-refractivity contribution in [1.29, 1.82) is 0 Å². The van der Waals surface area contributed by atoms with Gasteiger partial charge in [-0.2, -0.15) is 0 Å². The van der Waals surface area contributed by atoms with Gasteiger partial charge in [0.05, 0.1) is 54.7 Å². The molecular formula is C49H51FN8O11. The van der Waals surface area contributed by atoms with Crippen LogP contribution in [0.5, 0.6) is 0 Å². The molecule has 0 bridgehead atoms. The topological polar surface area (TPSA) is 270 Å². The maximum absolute atomic E-state index is 15.7. The van der Waals surface area contributed by atoms with Crippen LogP contribution in [-0.2, 0) is 74.7 Å². The van der Waals surface area contributed by atoms with Crippen LogP contribution in [0.1, 0.15) is 90.4 Å². The molecule has 360 valence electrons. The molecule has 0 radical (unpaired) electrons. The number of aromatic nitrogens is 2. The van der Waals surface area contributed by atoms with Crippen LogP contribution >= 0.6 is 0 Å². The highest BCUT2D eigenvalue weighted by molar-refractivity contribution is 6.12. The Morgan fingerprint density at radius 2 is 1.67 bits per heavy atom. The number of primary amides is 1. The number of cyclic esters (lactones) is 1. The number of nitrogens with one attached hydrogen (secondary N) is 3. The molecule has 7 amide bonds. The van der Waals surface area contributed by atoms with E-state index in [9.17, 15) is 43.5 Å². The van der Waals surface area contributed by atoms with Gasteiger partial charge in [-0.25, -0.2) is 14.2 Å². The minimum Gasteiger partial charge on any atom is -0.458 e. The number of halogens is 1. The van der Waals surface area contributed by atoms with Crippen molar-refractivity contribution in [3.05, 3.63) is 110 Å². The Kier molecular flexibility index (Phi) is 13.6. The van der Waals surface area contributed by atoms with Gasteiger partial charge in [-0.15, -0.1) is 0 Å². The standard InChI is InChI=1S/C49H51FN8O11/c1-3-49(68)31-19-36-45-29(23-57(36)46(65)30(31)25-69-48(49)67)44-35(14-13-28-26(2)32(50)20-33(55-45)43(28)44)58(24-37(51)59)47(66)34(18-27-10-6-4-7-11-27)54-40(62)22-53-39(61)21-52-38(60)12-8-5-9-17-56-41(63)15-16-42(56)64/h4,6-7,10-11,15-16,19-20,34-35,68H,3,5,8-9,12-14,17-18,21-25H2,1-2H3,(H2,51,59)(H,52,60)(H,53,61)(H,54,62)/t34-,35-,49-/m0/s1. The van der Waals surface area contributed by atoms with Gasteiger partial charge >= 0.3 is 5.97 Å². The SMILES string of the molecule is CC[C@@]1(O)C(=O)OCc2c1cc1n(c2=O)Cc2c-1nc1cc(F)c(C)c3c1c2[C@@H](N(CC(N)=O)C(=O)[C@H](Cc1ccccc1)NC(=O)CNC(=O)CNC(=O)CCCCCN1C(=O)C=CC1=O)CC3. The van der Waals surface area contributed by atoms with Crippen LogP contribution in [0.2, 0.25) is 0 Å². The monoisotopic (exact) mass is 946 g/mol. The lowest BCUT2D eigenvalue weighted by molar-refractivity contribution is -0.172. The summed E-state index contributed by atoms with van der Waals surface area (Å²) in [7, 11) is 0. The van der Waals surface area contributed by atoms with Gasteiger partial charge in [0.25, 0.3) is 17.4 Å². The van der Waals surface area contributed by atoms with E-state index in [4.69, 9.17) is 15.5 Å². The first-order valence-corrected chi connectivity index (χ1v) is 22.8. The van der Waals surface area contributed by atoms with Crippen molar-refractivity contribution >= 4 is 58.2 Å². The highest BCUT2D eigenvalue weighted by Gasteiger charge is 2.46. The quantitative estimate of drug-likeness (QED) is 0.0473. The second-order valence-electron chi connectivity index (χ2n) is 17.6. The molecule has 20 heteroatoms. The lowest BCUT2D eigenvalue weighted by atomic mass is 9.80. The van der Waals surface area contributed by atoms with E-state index in [0.29, 0.717) is 52.5 Å². The highest BCUT2D eigenvalue weighted by Crippen LogP contribution is 2.47. The lowest BCUT2D eigenvalue weighted by Gasteiger charge is -2.38. The van der Waals surface area contributed by atoms with Crippen LogP contribution in [0, 0.1) is 12.7 Å². The fraction of sp³-hybridized carbons (Fsp3) is 0.388. The molecule has 5 heterocycles. The minimum absolute atomic E-state index is 0.0444. The predicted molar refractivity (Wildman–Crippen MR) is 244 cm³/mol. The van der Waals surface area contributed by atoms with Crippen LogP contribution < -0.4 is 27.2 Å². The summed E-state index contributed by atoms with van der Waals surface area (Å²) in [5, 5.41) is 19.7. The average molecular weight is 947 g/mol. The molecule has 0 spiro atoms. The summed E-state index contributed by atoms with van der Waals surface area (Å²) >= 11 is 0. The van der Waals surface area contributed by atoms with Crippen molar-refractivity contribution in [3.63, 3.8) is 0 Å². The molecule has 0 fully saturated rings. The van der Waals surface area contributed by atoms with Crippen molar-refractivity contribution < 1.29 is 52.6 Å². The summed E-state index contributed by atoms with van der Waals surface area (Å²) in [6.45, 7) is 1.41. The highest BCUT2D eigenvalue weighted by atomic mass is 19.1. The minimum atomic E-state index is -2.11. The molecule has 1 aliphatic carbocycles.